The van der Waals surface area contributed by atoms with E-state index in [2.05, 4.69) is 22.2 Å². The maximum absolute atomic E-state index is 3.47. The van der Waals surface area contributed by atoms with Crippen LogP contribution in [-0.4, -0.2) is 61.2 Å². The monoisotopic (exact) mass is 237 g/mol. The quantitative estimate of drug-likeness (QED) is 0.781. The van der Waals surface area contributed by atoms with Crippen molar-refractivity contribution in [3.63, 3.8) is 0 Å². The Morgan fingerprint density at radius 3 is 2.53 bits per heavy atom. The summed E-state index contributed by atoms with van der Waals surface area (Å²) < 4.78 is 0. The van der Waals surface area contributed by atoms with Gasteiger partial charge in [-0.15, -0.1) is 0 Å². The summed E-state index contributed by atoms with van der Waals surface area (Å²) in [4.78, 5) is 5.55. The van der Waals surface area contributed by atoms with Crippen LogP contribution in [0, 0.1) is 0 Å². The van der Waals surface area contributed by atoms with E-state index < -0.39 is 0 Å². The Balaban J connectivity index is 1.63. The maximum atomic E-state index is 3.47. The number of piperidine rings is 2. The minimum absolute atomic E-state index is 0.737. The zero-order valence-corrected chi connectivity index (χ0v) is 11.2. The largest absolute Gasteiger partial charge is 0.316 e. The Morgan fingerprint density at radius 1 is 0.824 bits per heavy atom. The normalized spacial score (nSPS) is 40.4. The van der Waals surface area contributed by atoms with E-state index in [0.717, 1.165) is 18.1 Å². The van der Waals surface area contributed by atoms with Gasteiger partial charge in [-0.2, -0.15) is 0 Å². The molecule has 0 radical (unpaired) electrons. The fourth-order valence-corrected chi connectivity index (χ4v) is 4.19. The van der Waals surface area contributed by atoms with E-state index in [1.165, 1.54) is 64.7 Å². The highest BCUT2D eigenvalue weighted by Crippen LogP contribution is 2.31. The molecule has 0 spiro atoms. The van der Waals surface area contributed by atoms with Crippen molar-refractivity contribution in [3.8, 4) is 0 Å². The lowest BCUT2D eigenvalue weighted by Crippen LogP contribution is -2.53. The minimum atomic E-state index is 0.737. The van der Waals surface area contributed by atoms with Crippen molar-refractivity contribution < 1.29 is 0 Å². The van der Waals surface area contributed by atoms with Crippen LogP contribution in [0.15, 0.2) is 0 Å². The second-order valence-electron chi connectivity index (χ2n) is 6.08. The molecule has 0 aliphatic carbocycles. The van der Waals surface area contributed by atoms with Gasteiger partial charge < -0.3 is 5.32 Å². The average molecular weight is 237 g/mol. The molecule has 0 bridgehead atoms. The molecule has 98 valence electrons. The molecule has 3 nitrogen and oxygen atoms in total. The van der Waals surface area contributed by atoms with Gasteiger partial charge in [-0.1, -0.05) is 6.42 Å². The molecule has 0 saturated carbocycles. The lowest BCUT2D eigenvalue weighted by Gasteiger charge is -2.41. The minimum Gasteiger partial charge on any atom is -0.316 e. The fourth-order valence-electron chi connectivity index (χ4n) is 4.19. The third-order valence-electron chi connectivity index (χ3n) is 5.15. The molecule has 3 rings (SSSR count). The van der Waals surface area contributed by atoms with Crippen LogP contribution in [0.1, 0.15) is 38.5 Å². The van der Waals surface area contributed by atoms with E-state index in [-0.39, 0.29) is 0 Å². The molecule has 0 aromatic rings. The van der Waals surface area contributed by atoms with Gasteiger partial charge in [-0.05, 0) is 52.2 Å². The standard InChI is InChI=1S/C14H27N3/c1-15-12-5-4-9-17(11-12)14-7-10-16-8-3-2-6-13(14)16/h12-15H,2-11H2,1H3. The van der Waals surface area contributed by atoms with E-state index >= 15 is 0 Å². The summed E-state index contributed by atoms with van der Waals surface area (Å²) in [6, 6.07) is 2.49. The van der Waals surface area contributed by atoms with Crippen molar-refractivity contribution in [2.24, 2.45) is 0 Å². The zero-order valence-electron chi connectivity index (χ0n) is 11.2. The molecule has 3 atom stereocenters. The number of rotatable bonds is 2. The Bertz CT molecular complexity index is 256. The molecule has 17 heavy (non-hydrogen) atoms. The van der Waals surface area contributed by atoms with Gasteiger partial charge in [0.15, 0.2) is 0 Å². The van der Waals surface area contributed by atoms with Crippen LogP contribution in [0.3, 0.4) is 0 Å². The number of nitrogens with zero attached hydrogens (tertiary/aromatic N) is 2. The molecule has 3 fully saturated rings. The van der Waals surface area contributed by atoms with E-state index in [4.69, 9.17) is 0 Å². The molecule has 3 aliphatic rings. The zero-order chi connectivity index (χ0) is 11.7. The van der Waals surface area contributed by atoms with Crippen molar-refractivity contribution in [2.45, 2.75) is 56.7 Å². The van der Waals surface area contributed by atoms with Gasteiger partial charge >= 0.3 is 0 Å². The number of nitrogens with one attached hydrogen (secondary N) is 1. The summed E-state index contributed by atoms with van der Waals surface area (Å²) in [5.74, 6) is 0. The van der Waals surface area contributed by atoms with E-state index in [1.807, 2.05) is 0 Å². The number of fused-ring (bicyclic) bond motifs is 1. The Hall–Kier alpha value is -0.120. The van der Waals surface area contributed by atoms with Gasteiger partial charge in [0.2, 0.25) is 0 Å². The van der Waals surface area contributed by atoms with Crippen LogP contribution in [-0.2, 0) is 0 Å². The summed E-state index contributed by atoms with van der Waals surface area (Å²) in [5.41, 5.74) is 0. The van der Waals surface area contributed by atoms with Gasteiger partial charge in [0.1, 0.15) is 0 Å². The predicted octanol–water partition coefficient (Wildman–Crippen LogP) is 1.30. The molecule has 0 aromatic heterocycles. The summed E-state index contributed by atoms with van der Waals surface area (Å²) >= 11 is 0. The van der Waals surface area contributed by atoms with Gasteiger partial charge in [0, 0.05) is 31.2 Å². The number of hydrogen-bond acceptors (Lipinski definition) is 3. The number of hydrogen-bond donors (Lipinski definition) is 1. The van der Waals surface area contributed by atoms with Crippen molar-refractivity contribution in [1.82, 2.24) is 15.1 Å². The first-order valence-electron chi connectivity index (χ1n) is 7.54. The van der Waals surface area contributed by atoms with Crippen LogP contribution in [0.5, 0.6) is 0 Å². The highest BCUT2D eigenvalue weighted by Gasteiger charge is 2.39. The van der Waals surface area contributed by atoms with Crippen molar-refractivity contribution in [2.75, 3.05) is 33.2 Å². The van der Waals surface area contributed by atoms with E-state index in [9.17, 15) is 0 Å². The topological polar surface area (TPSA) is 18.5 Å². The molecule has 3 heteroatoms. The third-order valence-corrected chi connectivity index (χ3v) is 5.15. The van der Waals surface area contributed by atoms with Crippen LogP contribution in [0.4, 0.5) is 0 Å². The first kappa shape index (κ1) is 11.9. The first-order chi connectivity index (χ1) is 8.38. The highest BCUT2D eigenvalue weighted by molar-refractivity contribution is 4.97. The fraction of sp³-hybridized carbons (Fsp3) is 1.00. The Kier molecular flexibility index (Phi) is 3.69. The molecular weight excluding hydrogens is 210 g/mol. The van der Waals surface area contributed by atoms with Crippen molar-refractivity contribution in [1.29, 1.82) is 0 Å². The maximum Gasteiger partial charge on any atom is 0.0264 e. The lowest BCUT2D eigenvalue weighted by atomic mass is 9.95. The van der Waals surface area contributed by atoms with Crippen LogP contribution >= 0.6 is 0 Å². The first-order valence-corrected chi connectivity index (χ1v) is 7.54. The molecule has 3 saturated heterocycles. The van der Waals surface area contributed by atoms with Crippen LogP contribution < -0.4 is 5.32 Å². The second-order valence-corrected chi connectivity index (χ2v) is 6.08. The Morgan fingerprint density at radius 2 is 1.65 bits per heavy atom. The van der Waals surface area contributed by atoms with E-state index in [1.54, 1.807) is 0 Å². The third kappa shape index (κ3) is 2.38. The molecule has 3 heterocycles. The summed E-state index contributed by atoms with van der Waals surface area (Å²) in [5, 5.41) is 3.47. The molecule has 0 aromatic carbocycles. The summed E-state index contributed by atoms with van der Waals surface area (Å²) in [6.07, 6.45) is 8.51. The molecule has 1 N–H and O–H groups in total. The predicted molar refractivity (Wildman–Crippen MR) is 71.3 cm³/mol. The second kappa shape index (κ2) is 5.25. The molecule has 3 aliphatic heterocycles. The van der Waals surface area contributed by atoms with E-state index in [0.29, 0.717) is 0 Å². The summed E-state index contributed by atoms with van der Waals surface area (Å²) in [7, 11) is 2.12. The van der Waals surface area contributed by atoms with Gasteiger partial charge in [0.25, 0.3) is 0 Å². The van der Waals surface area contributed by atoms with Crippen LogP contribution in [0.25, 0.3) is 0 Å². The van der Waals surface area contributed by atoms with Gasteiger partial charge in [0.05, 0.1) is 0 Å². The molecule has 0 amide bonds. The molecule has 3 unspecified atom stereocenters. The van der Waals surface area contributed by atoms with Crippen LogP contribution in [0.2, 0.25) is 0 Å². The number of likely N-dealkylation sites (N-methyl/N-ethyl adjacent to an activating group) is 1. The molecular formula is C14H27N3. The van der Waals surface area contributed by atoms with Crippen molar-refractivity contribution >= 4 is 0 Å². The Labute approximate surface area is 106 Å². The average Bonchev–Trinajstić information content (AvgIpc) is 2.82. The van der Waals surface area contributed by atoms with Gasteiger partial charge in [-0.25, -0.2) is 0 Å². The van der Waals surface area contributed by atoms with Gasteiger partial charge in [-0.3, -0.25) is 9.80 Å². The lowest BCUT2D eigenvalue weighted by molar-refractivity contribution is 0.0881. The highest BCUT2D eigenvalue weighted by atomic mass is 15.3. The number of likely N-dealkylation sites (tertiary alicyclic amines) is 1. The van der Waals surface area contributed by atoms with Crippen molar-refractivity contribution in [3.05, 3.63) is 0 Å². The summed E-state index contributed by atoms with van der Waals surface area (Å²) in [6.45, 7) is 5.35. The SMILES string of the molecule is CNC1CCCN(C2CCN3CCCCC23)C1. The smallest absolute Gasteiger partial charge is 0.0264 e.